The Morgan fingerprint density at radius 2 is 1.84 bits per heavy atom. The first-order valence-electron chi connectivity index (χ1n) is 9.73. The molecule has 7 nitrogen and oxygen atoms in total. The number of benzene rings is 2. The lowest BCUT2D eigenvalue weighted by Crippen LogP contribution is -2.30. The number of carbonyl (C=O) groups excluding carboxylic acids is 1. The summed E-state index contributed by atoms with van der Waals surface area (Å²) in [6, 6.07) is 17.5. The van der Waals surface area contributed by atoms with E-state index in [0.717, 1.165) is 15.6 Å². The zero-order valence-corrected chi connectivity index (χ0v) is 16.5. The van der Waals surface area contributed by atoms with Crippen LogP contribution in [0.1, 0.15) is 16.9 Å². The van der Waals surface area contributed by atoms with E-state index < -0.39 is 17.3 Å². The van der Waals surface area contributed by atoms with E-state index in [1.165, 1.54) is 36.4 Å². The van der Waals surface area contributed by atoms with E-state index in [1.54, 1.807) is 6.20 Å². The van der Waals surface area contributed by atoms with Crippen LogP contribution in [-0.4, -0.2) is 33.8 Å². The van der Waals surface area contributed by atoms with E-state index in [9.17, 15) is 14.0 Å². The highest BCUT2D eigenvalue weighted by atomic mass is 19.1. The van der Waals surface area contributed by atoms with Crippen molar-refractivity contribution in [3.8, 4) is 11.4 Å². The van der Waals surface area contributed by atoms with Gasteiger partial charge in [-0.3, -0.25) is 14.6 Å². The first kappa shape index (κ1) is 20.2. The lowest BCUT2D eigenvalue weighted by atomic mass is 10.2. The molecule has 1 N–H and O–H groups in total. The van der Waals surface area contributed by atoms with Crippen molar-refractivity contribution in [1.29, 1.82) is 0 Å². The van der Waals surface area contributed by atoms with Gasteiger partial charge in [0.25, 0.3) is 11.5 Å². The maximum absolute atomic E-state index is 13.1. The maximum atomic E-state index is 13.1. The van der Waals surface area contributed by atoms with Crippen molar-refractivity contribution in [2.45, 2.75) is 6.42 Å². The topological polar surface area (TPSA) is 86.1 Å². The van der Waals surface area contributed by atoms with Crippen molar-refractivity contribution in [1.82, 2.24) is 20.1 Å². The Morgan fingerprint density at radius 1 is 1.03 bits per heavy atom. The predicted octanol–water partition coefficient (Wildman–Crippen LogP) is 3.12. The lowest BCUT2D eigenvalue weighted by molar-refractivity contribution is 0.0944. The van der Waals surface area contributed by atoms with Crippen molar-refractivity contribution < 1.29 is 13.9 Å². The highest BCUT2D eigenvalue weighted by Gasteiger charge is 2.10. The van der Waals surface area contributed by atoms with Crippen LogP contribution in [0.4, 0.5) is 4.39 Å². The second-order valence-corrected chi connectivity index (χ2v) is 6.73. The molecule has 0 saturated heterocycles. The number of halogens is 1. The van der Waals surface area contributed by atoms with E-state index in [4.69, 9.17) is 4.74 Å². The number of pyridine rings is 1. The van der Waals surface area contributed by atoms with Gasteiger partial charge in [-0.2, -0.15) is 9.78 Å². The molecule has 0 aliphatic carbocycles. The number of rotatable bonds is 7. The van der Waals surface area contributed by atoms with Gasteiger partial charge in [-0.25, -0.2) is 4.39 Å². The third kappa shape index (κ3) is 4.75. The second kappa shape index (κ2) is 9.17. The molecule has 0 atom stereocenters. The molecule has 31 heavy (non-hydrogen) atoms. The second-order valence-electron chi connectivity index (χ2n) is 6.73. The number of ether oxygens (including phenoxy) is 1. The Balaban J connectivity index is 1.33. The molecule has 0 unspecified atom stereocenters. The van der Waals surface area contributed by atoms with E-state index in [-0.39, 0.29) is 5.69 Å². The highest BCUT2D eigenvalue weighted by molar-refractivity contribution is 5.92. The van der Waals surface area contributed by atoms with Gasteiger partial charge < -0.3 is 10.1 Å². The highest BCUT2D eigenvalue weighted by Crippen LogP contribution is 2.22. The van der Waals surface area contributed by atoms with Crippen LogP contribution in [0, 0.1) is 5.82 Å². The molecule has 2 aromatic heterocycles. The molecule has 156 valence electrons. The van der Waals surface area contributed by atoms with E-state index in [2.05, 4.69) is 15.4 Å². The largest absolute Gasteiger partial charge is 0.491 e. The maximum Gasteiger partial charge on any atom is 0.271 e. The van der Waals surface area contributed by atoms with Crippen LogP contribution >= 0.6 is 0 Å². The Labute approximate surface area is 177 Å². The molecule has 0 aliphatic rings. The summed E-state index contributed by atoms with van der Waals surface area (Å²) < 4.78 is 20.0. The van der Waals surface area contributed by atoms with Crippen LogP contribution in [0.25, 0.3) is 16.6 Å². The molecule has 4 aromatic rings. The number of hydrogen-bond donors (Lipinski definition) is 1. The van der Waals surface area contributed by atoms with Crippen molar-refractivity contribution >= 4 is 16.8 Å². The molecule has 0 spiro atoms. The fraction of sp³-hybridized carbons (Fsp3) is 0.130. The van der Waals surface area contributed by atoms with E-state index >= 15 is 0 Å². The zero-order chi connectivity index (χ0) is 21.6. The van der Waals surface area contributed by atoms with Crippen molar-refractivity contribution in [3.05, 3.63) is 94.8 Å². The molecule has 4 rings (SSSR count). The fourth-order valence-corrected chi connectivity index (χ4v) is 3.04. The summed E-state index contributed by atoms with van der Waals surface area (Å²) in [6.45, 7) is 0.771. The van der Waals surface area contributed by atoms with Crippen LogP contribution in [0.2, 0.25) is 0 Å². The molecule has 2 aromatic carbocycles. The van der Waals surface area contributed by atoms with Gasteiger partial charge in [0.15, 0.2) is 0 Å². The van der Waals surface area contributed by atoms with Crippen LogP contribution < -0.4 is 15.6 Å². The summed E-state index contributed by atoms with van der Waals surface area (Å²) >= 11 is 0. The van der Waals surface area contributed by atoms with Gasteiger partial charge in [-0.1, -0.05) is 18.2 Å². The number of nitrogens with one attached hydrogen (secondary N) is 1. The van der Waals surface area contributed by atoms with Gasteiger partial charge in [0.2, 0.25) is 0 Å². The summed E-state index contributed by atoms with van der Waals surface area (Å²) in [5, 5.41) is 7.84. The number of carbonyl (C=O) groups is 1. The van der Waals surface area contributed by atoms with Crippen molar-refractivity contribution in [2.24, 2.45) is 0 Å². The first-order valence-corrected chi connectivity index (χ1v) is 9.73. The average molecular weight is 418 g/mol. The Morgan fingerprint density at radius 3 is 2.68 bits per heavy atom. The summed E-state index contributed by atoms with van der Waals surface area (Å²) in [5.74, 6) is -0.146. The Kier molecular flexibility index (Phi) is 5.98. The standard InChI is InChI=1S/C23H19FN4O3/c24-17-7-9-18(10-8-17)28-21(29)12-11-19(27-28)23(30)26-14-3-15-31-20-6-1-4-16-5-2-13-25-22(16)20/h1-2,4-13H,3,14-15H2,(H,26,30). The molecular formula is C23H19FN4O3. The third-order valence-corrected chi connectivity index (χ3v) is 4.56. The number of para-hydroxylation sites is 1. The Bertz CT molecular complexity index is 1270. The molecular weight excluding hydrogens is 399 g/mol. The minimum absolute atomic E-state index is 0.0862. The van der Waals surface area contributed by atoms with E-state index in [1.807, 2.05) is 30.3 Å². The average Bonchev–Trinajstić information content (AvgIpc) is 2.80. The molecule has 0 saturated carbocycles. The molecule has 8 heteroatoms. The number of hydrogen-bond acceptors (Lipinski definition) is 5. The fourth-order valence-electron chi connectivity index (χ4n) is 3.04. The molecule has 0 bridgehead atoms. The van der Waals surface area contributed by atoms with Gasteiger partial charge in [-0.15, -0.1) is 0 Å². The number of amides is 1. The molecule has 2 heterocycles. The minimum atomic E-state index is -0.424. The third-order valence-electron chi connectivity index (χ3n) is 4.56. The zero-order valence-electron chi connectivity index (χ0n) is 16.5. The summed E-state index contributed by atoms with van der Waals surface area (Å²) in [6.07, 6.45) is 2.29. The smallest absolute Gasteiger partial charge is 0.271 e. The van der Waals surface area contributed by atoms with Crippen LogP contribution in [0.5, 0.6) is 5.75 Å². The van der Waals surface area contributed by atoms with Crippen molar-refractivity contribution in [3.63, 3.8) is 0 Å². The van der Waals surface area contributed by atoms with Crippen LogP contribution in [0.3, 0.4) is 0 Å². The minimum Gasteiger partial charge on any atom is -0.491 e. The number of aromatic nitrogens is 3. The normalized spacial score (nSPS) is 10.7. The summed E-state index contributed by atoms with van der Waals surface area (Å²) in [4.78, 5) is 28.8. The summed E-state index contributed by atoms with van der Waals surface area (Å²) in [7, 11) is 0. The monoisotopic (exact) mass is 418 g/mol. The quantitative estimate of drug-likeness (QED) is 0.466. The SMILES string of the molecule is O=C(NCCCOc1cccc2cccnc12)c1ccc(=O)n(-c2ccc(F)cc2)n1. The van der Waals surface area contributed by atoms with Crippen molar-refractivity contribution in [2.75, 3.05) is 13.2 Å². The lowest BCUT2D eigenvalue weighted by Gasteiger charge is -2.10. The molecule has 1 amide bonds. The molecule has 0 aliphatic heterocycles. The molecule has 0 radical (unpaired) electrons. The molecule has 0 fully saturated rings. The van der Waals surface area contributed by atoms with E-state index in [0.29, 0.717) is 31.0 Å². The number of fused-ring (bicyclic) bond motifs is 1. The predicted molar refractivity (Wildman–Crippen MR) is 114 cm³/mol. The van der Waals surface area contributed by atoms with Gasteiger partial charge in [0.05, 0.1) is 12.3 Å². The number of nitrogens with zero attached hydrogens (tertiary/aromatic N) is 3. The Hall–Kier alpha value is -4.07. The van der Waals surface area contributed by atoms with Crippen LogP contribution in [-0.2, 0) is 0 Å². The van der Waals surface area contributed by atoms with Gasteiger partial charge in [0, 0.05) is 24.2 Å². The van der Waals surface area contributed by atoms with Gasteiger partial charge in [0.1, 0.15) is 22.8 Å². The van der Waals surface area contributed by atoms with Gasteiger partial charge >= 0.3 is 0 Å². The van der Waals surface area contributed by atoms with Gasteiger partial charge in [-0.05, 0) is 48.9 Å². The summed E-state index contributed by atoms with van der Waals surface area (Å²) in [5.41, 5.74) is 0.836. The first-order chi connectivity index (χ1) is 15.1. The van der Waals surface area contributed by atoms with Crippen LogP contribution in [0.15, 0.2) is 77.7 Å².